The molecular weight excluding hydrogens is 1680 g/mol. The van der Waals surface area contributed by atoms with Gasteiger partial charge < -0.3 is 30.6 Å². The normalized spacial score (nSPS) is 8.45. The average Bonchev–Trinajstić information content (AvgIpc) is 2.05. The number of hydrogen-bond acceptors (Lipinski definition) is 6. The molecule has 121 valence electrons. The second-order valence-electron chi connectivity index (χ2n) is 2.29. The van der Waals surface area contributed by atoms with E-state index in [-0.39, 0.29) is 19.5 Å². The van der Waals surface area contributed by atoms with Gasteiger partial charge in [0, 0.05) is 33.5 Å². The number of alkyl halides is 4. The Hall–Kier alpha value is -4.90. The maximum Gasteiger partial charge on any atom is 0.403 e. The molecule has 0 aromatic heterocycles. The van der Waals surface area contributed by atoms with E-state index in [9.17, 15) is 17.6 Å². The fourth-order valence-corrected chi connectivity index (χ4v) is 0. The maximum atomic E-state index is 11.3. The summed E-state index contributed by atoms with van der Waals surface area (Å²) < 4.78 is 44.5. The molecule has 1 radical (unpaired) electrons. The van der Waals surface area contributed by atoms with Crippen molar-refractivity contribution in [2.45, 2.75) is 31.5 Å². The first-order valence-corrected chi connectivity index (χ1v) is 3.54. The topological polar surface area (TPSA) is 121 Å². The molecule has 16 heteroatoms. The number of halogens is 4. The SMILES string of the molecule is CC(F)(F)C(O)O.CO.OC(O)C(O)(F)F.[Rf].[Rf].[Rf].[Rf].[Rf].[Rh]. The second kappa shape index (κ2) is 21.4. The van der Waals surface area contributed by atoms with Crippen LogP contribution in [-0.4, -0.2) is 62.4 Å². The molecule has 0 aliphatic carbocycles. The van der Waals surface area contributed by atoms with Gasteiger partial charge in [0.15, 0.2) is 0 Å². The Morgan fingerprint density at radius 2 is 0.773 bits per heavy atom. The van der Waals surface area contributed by atoms with Crippen molar-refractivity contribution in [2.75, 3.05) is 7.11 Å². The minimum Gasteiger partial charge on any atom is -0.400 e. The van der Waals surface area contributed by atoms with Gasteiger partial charge in [-0.3, -0.25) is 0 Å². The van der Waals surface area contributed by atoms with Crippen LogP contribution in [0.5, 0.6) is 0 Å². The van der Waals surface area contributed by atoms with Crippen LogP contribution in [-0.2, 0) is 19.5 Å². The van der Waals surface area contributed by atoms with Crippen LogP contribution in [0.25, 0.3) is 0 Å². The predicted molar refractivity (Wildman–Crippen MR) is 42.4 cm³/mol. The third-order valence-electron chi connectivity index (χ3n) is 0.764. The van der Waals surface area contributed by atoms with Crippen molar-refractivity contribution in [3.8, 4) is 0 Å². The Balaban J connectivity index is -0.0000000158. The molecule has 0 aromatic rings. The van der Waals surface area contributed by atoms with E-state index in [4.69, 9.17) is 30.6 Å². The summed E-state index contributed by atoms with van der Waals surface area (Å²) in [6.07, 6.45) is -9.90. The van der Waals surface area contributed by atoms with Gasteiger partial charge in [-0.05, 0) is 0 Å². The van der Waals surface area contributed by atoms with Gasteiger partial charge in [0.1, 0.15) is 0 Å². The number of rotatable bonds is 2. The van der Waals surface area contributed by atoms with Gasteiger partial charge in [-0.25, -0.2) is 8.78 Å². The van der Waals surface area contributed by atoms with Crippen LogP contribution in [0.1, 0.15) is 6.92 Å². The molecule has 6 nitrogen and oxygen atoms in total. The van der Waals surface area contributed by atoms with Gasteiger partial charge in [0.05, 0.1) is 0 Å². The molecule has 0 rings (SSSR count). The van der Waals surface area contributed by atoms with Crippen molar-refractivity contribution >= 4 is 0 Å². The fourth-order valence-electron chi connectivity index (χ4n) is 0. The molecule has 0 saturated carbocycles. The van der Waals surface area contributed by atoms with Gasteiger partial charge in [0.25, 0.3) is 5.92 Å². The third kappa shape index (κ3) is 59.5. The van der Waals surface area contributed by atoms with Crippen molar-refractivity contribution in [1.29, 1.82) is 0 Å². The Kier molecular flexibility index (Phi) is 65.7. The number of aliphatic hydroxyl groups is 6. The average molecular weight is 1700 g/mol. The van der Waals surface area contributed by atoms with Crippen LogP contribution in [0.4, 0.5) is 17.6 Å². The molecule has 0 bridgehead atoms. The molecule has 0 aliphatic heterocycles. The summed E-state index contributed by atoms with van der Waals surface area (Å²) in [6, 6.07) is 0. The predicted octanol–water partition coefficient (Wildman–Crippen LogP) is -1.56. The largest absolute Gasteiger partial charge is 0.403 e. The smallest absolute Gasteiger partial charge is 0.400 e. The Labute approximate surface area is 107 Å². The van der Waals surface area contributed by atoms with E-state index < -0.39 is 24.6 Å². The summed E-state index contributed by atoms with van der Waals surface area (Å²) in [5.41, 5.74) is 0. The van der Waals surface area contributed by atoms with Crippen molar-refractivity contribution in [3.63, 3.8) is 0 Å². The molecule has 22 heavy (non-hydrogen) atoms. The third-order valence-corrected chi connectivity index (χ3v) is 0.764. The molecule has 0 spiro atoms. The van der Waals surface area contributed by atoms with E-state index >= 15 is 0 Å². The van der Waals surface area contributed by atoms with Crippen molar-refractivity contribution < 1.29 is 67.7 Å². The van der Waals surface area contributed by atoms with Crippen LogP contribution >= 0.6 is 0 Å². The van der Waals surface area contributed by atoms with Crippen molar-refractivity contribution in [2.24, 2.45) is 0 Å². The molecule has 0 amide bonds. The molecule has 6 N–H and O–H groups in total. The quantitative estimate of drug-likeness (QED) is 0.113. The van der Waals surface area contributed by atoms with Crippen LogP contribution < -0.4 is 0 Å². The molecule has 0 saturated heterocycles. The van der Waals surface area contributed by atoms with E-state index in [0.29, 0.717) is 6.92 Å². The van der Waals surface area contributed by atoms with Crippen molar-refractivity contribution in [3.05, 3.63) is 0 Å². The first-order valence-electron chi connectivity index (χ1n) is 3.54. The minimum atomic E-state index is -4.39. The van der Waals surface area contributed by atoms with Crippen LogP contribution in [0.3, 0.4) is 0 Å². The summed E-state index contributed by atoms with van der Waals surface area (Å²) in [7, 11) is 1.00. The van der Waals surface area contributed by atoms with Crippen LogP contribution in [0, 0.1) is 0 Å². The summed E-state index contributed by atoms with van der Waals surface area (Å²) in [5, 5.41) is 44.5. The summed E-state index contributed by atoms with van der Waals surface area (Å²) in [4.78, 5) is 0. The van der Waals surface area contributed by atoms with Crippen molar-refractivity contribution in [1.82, 2.24) is 0 Å². The summed E-state index contributed by atoms with van der Waals surface area (Å²) in [6.45, 7) is 0.428. The first-order chi connectivity index (χ1) is 6.89. The second-order valence-corrected chi connectivity index (χ2v) is 2.29. The zero-order valence-electron chi connectivity index (χ0n) is 12.2. The summed E-state index contributed by atoms with van der Waals surface area (Å²) in [5.74, 6) is -3.39. The van der Waals surface area contributed by atoms with E-state index in [1.807, 2.05) is 0 Å². The molecule has 0 aliphatic rings. The van der Waals surface area contributed by atoms with Gasteiger partial charge in [-0.1, -0.05) is 0 Å². The van der Waals surface area contributed by atoms with E-state index in [1.54, 1.807) is 0 Å². The maximum absolute atomic E-state index is 11.3. The monoisotopic (exact) mass is 1700 g/mol. The Bertz CT molecular complexity index is 157. The van der Waals surface area contributed by atoms with Gasteiger partial charge in [-0.2, -0.15) is 8.78 Å². The number of aliphatic hydroxyl groups excluding tert-OH is 3. The fraction of sp³-hybridized carbons (Fsp3) is 1.00. The van der Waals surface area contributed by atoms with Gasteiger partial charge in [-0.15, -0.1) is 0 Å². The standard InChI is InChI=1S/C3H6F2O2.C2H4F2O3.CH4O.5Rf.Rh/c1-3(4,5)2(6)7;3-2(4,7)1(5)6;1-2;;;;;;/h2,6-7H,1H3;1,5-7H;2H,1H3;;;;;;. The molecule has 0 atom stereocenters. The molecular formula is C6H14F4O6Rf5Rh. The van der Waals surface area contributed by atoms with Crippen LogP contribution in [0.15, 0.2) is 0 Å². The minimum absolute atomic E-state index is 0. The zero-order valence-corrected chi connectivity index (χ0v) is 45.9. The van der Waals surface area contributed by atoms with E-state index in [1.165, 1.54) is 0 Å². The Morgan fingerprint density at radius 1 is 0.682 bits per heavy atom. The molecule has 0 unspecified atom stereocenters. The van der Waals surface area contributed by atoms with Crippen LogP contribution in [0.2, 0.25) is 0 Å². The van der Waals surface area contributed by atoms with Gasteiger partial charge >= 0.3 is 6.11 Å². The molecule has 0 aromatic carbocycles. The summed E-state index contributed by atoms with van der Waals surface area (Å²) >= 11 is 0. The molecule has 0 fully saturated rings. The first kappa shape index (κ1) is 67.5. The van der Waals surface area contributed by atoms with E-state index in [2.05, 4.69) is 0 Å². The zero-order chi connectivity index (χ0) is 14.2. The van der Waals surface area contributed by atoms with E-state index in [0.717, 1.165) is 7.11 Å². The molecule has 0 heterocycles. The number of hydrogen-bond donors (Lipinski definition) is 6. The Morgan fingerprint density at radius 3 is 0.773 bits per heavy atom. The van der Waals surface area contributed by atoms with Gasteiger partial charge in [0.2, 0.25) is 12.6 Å².